The number of aromatic nitrogens is 5. The van der Waals surface area contributed by atoms with Gasteiger partial charge in [0, 0.05) is 34.9 Å². The second kappa shape index (κ2) is 8.30. The van der Waals surface area contributed by atoms with Crippen molar-refractivity contribution in [1.82, 2.24) is 24.5 Å². The highest BCUT2D eigenvalue weighted by atomic mass is 35.5. The van der Waals surface area contributed by atoms with E-state index in [0.717, 1.165) is 16.5 Å². The fraction of sp³-hybridized carbons (Fsp3) is 0.0476. The average Bonchev–Trinajstić information content (AvgIpc) is 3.46. The van der Waals surface area contributed by atoms with Crippen molar-refractivity contribution in [3.05, 3.63) is 77.7 Å². The van der Waals surface area contributed by atoms with Crippen LogP contribution in [0.5, 0.6) is 0 Å². The molecule has 32 heavy (non-hydrogen) atoms. The number of hydrogen-bond donors (Lipinski definition) is 2. The molecule has 0 saturated carbocycles. The Balaban J connectivity index is 1.38. The van der Waals surface area contributed by atoms with E-state index < -0.39 is 9.84 Å². The largest absolute Gasteiger partial charge is 0.329 e. The summed E-state index contributed by atoms with van der Waals surface area (Å²) in [5.41, 5.74) is 2.91. The predicted molar refractivity (Wildman–Crippen MR) is 125 cm³/mol. The first-order valence-corrected chi connectivity index (χ1v) is 12.2. The fourth-order valence-electron chi connectivity index (χ4n) is 3.22. The van der Waals surface area contributed by atoms with Gasteiger partial charge in [-0.15, -0.1) is 0 Å². The topological polar surface area (TPSA) is 114 Å². The highest BCUT2D eigenvalue weighted by Gasteiger charge is 2.17. The van der Waals surface area contributed by atoms with Crippen LogP contribution in [0.1, 0.15) is 5.56 Å². The summed E-state index contributed by atoms with van der Waals surface area (Å²) in [4.78, 5) is 8.62. The molecule has 0 aliphatic rings. The molecule has 8 nitrogen and oxygen atoms in total. The lowest BCUT2D eigenvalue weighted by Gasteiger charge is -2.06. The van der Waals surface area contributed by atoms with Crippen molar-refractivity contribution >= 4 is 54.7 Å². The highest BCUT2D eigenvalue weighted by Crippen LogP contribution is 2.33. The van der Waals surface area contributed by atoms with Gasteiger partial charge in [-0.1, -0.05) is 29.8 Å². The zero-order chi connectivity index (χ0) is 22.1. The van der Waals surface area contributed by atoms with Gasteiger partial charge in [0.25, 0.3) is 0 Å². The monoisotopic (exact) mass is 482 g/mol. The molecule has 3 aromatic heterocycles. The number of nitrogens with one attached hydrogen (secondary N) is 2. The van der Waals surface area contributed by atoms with Crippen LogP contribution >= 0.6 is 23.1 Å². The smallest absolute Gasteiger partial charge is 0.207 e. The van der Waals surface area contributed by atoms with Gasteiger partial charge in [0.1, 0.15) is 0 Å². The normalized spacial score (nSPS) is 11.7. The number of benzene rings is 2. The summed E-state index contributed by atoms with van der Waals surface area (Å²) in [6.45, 7) is 0. The molecule has 0 atom stereocenters. The van der Waals surface area contributed by atoms with Crippen LogP contribution in [0.4, 0.5) is 10.8 Å². The first-order valence-electron chi connectivity index (χ1n) is 9.44. The quantitative estimate of drug-likeness (QED) is 0.355. The Morgan fingerprint density at radius 1 is 1.09 bits per heavy atom. The van der Waals surface area contributed by atoms with Crippen LogP contribution in [0.25, 0.3) is 22.3 Å². The Labute approximate surface area is 192 Å². The average molecular weight is 483 g/mol. The molecule has 5 rings (SSSR count). The maximum absolute atomic E-state index is 12.7. The molecule has 0 aliphatic carbocycles. The van der Waals surface area contributed by atoms with Gasteiger partial charge in [0.2, 0.25) is 5.13 Å². The Bertz CT molecular complexity index is 1520. The van der Waals surface area contributed by atoms with Crippen LogP contribution in [0.15, 0.2) is 72.0 Å². The number of sulfone groups is 1. The molecule has 0 saturated heterocycles. The first-order chi connectivity index (χ1) is 15.5. The van der Waals surface area contributed by atoms with Gasteiger partial charge < -0.3 is 5.32 Å². The van der Waals surface area contributed by atoms with Crippen LogP contribution in [0.3, 0.4) is 0 Å². The minimum absolute atomic E-state index is 0.137. The molecule has 0 fully saturated rings. The van der Waals surface area contributed by atoms with Crippen LogP contribution in [0.2, 0.25) is 5.02 Å². The van der Waals surface area contributed by atoms with Gasteiger partial charge in [-0.25, -0.2) is 8.42 Å². The van der Waals surface area contributed by atoms with E-state index in [-0.39, 0.29) is 10.6 Å². The predicted octanol–water partition coefficient (Wildman–Crippen LogP) is 4.85. The van der Waals surface area contributed by atoms with E-state index in [2.05, 4.69) is 29.9 Å². The number of fused-ring (bicyclic) bond motifs is 1. The number of anilines is 2. The molecule has 3 heterocycles. The lowest BCUT2D eigenvalue weighted by molar-refractivity contribution is 0.595. The van der Waals surface area contributed by atoms with Gasteiger partial charge in [-0.2, -0.15) is 14.5 Å². The van der Waals surface area contributed by atoms with Crippen molar-refractivity contribution in [2.75, 3.05) is 5.32 Å². The van der Waals surface area contributed by atoms with Gasteiger partial charge in [-0.3, -0.25) is 10.1 Å². The number of halogens is 1. The third-order valence-corrected chi connectivity index (χ3v) is 7.47. The maximum Gasteiger partial charge on any atom is 0.207 e. The second-order valence-electron chi connectivity index (χ2n) is 6.95. The van der Waals surface area contributed by atoms with E-state index in [1.807, 2.05) is 18.2 Å². The van der Waals surface area contributed by atoms with Crippen molar-refractivity contribution in [2.45, 2.75) is 10.6 Å². The van der Waals surface area contributed by atoms with Crippen LogP contribution in [-0.2, 0) is 15.6 Å². The molecule has 5 aromatic rings. The molecular formula is C21H15ClN6O2S2. The van der Waals surface area contributed by atoms with Crippen molar-refractivity contribution < 1.29 is 8.42 Å². The molecule has 0 aliphatic heterocycles. The molecule has 0 unspecified atom stereocenters. The number of H-pyrrole nitrogens is 1. The van der Waals surface area contributed by atoms with E-state index in [1.165, 1.54) is 23.8 Å². The lowest BCUT2D eigenvalue weighted by atomic mass is 10.1. The Kier molecular flexibility index (Phi) is 5.33. The molecule has 2 N–H and O–H groups in total. The lowest BCUT2D eigenvalue weighted by Crippen LogP contribution is -2.05. The molecule has 0 bridgehead atoms. The summed E-state index contributed by atoms with van der Waals surface area (Å²) in [6, 6.07) is 14.1. The van der Waals surface area contributed by atoms with Crippen LogP contribution in [-0.4, -0.2) is 33.0 Å². The molecule has 2 aromatic carbocycles. The summed E-state index contributed by atoms with van der Waals surface area (Å²) in [7, 11) is -3.50. The zero-order valence-corrected chi connectivity index (χ0v) is 18.7. The molecule has 0 radical (unpaired) electrons. The Morgan fingerprint density at radius 2 is 2.00 bits per heavy atom. The maximum atomic E-state index is 12.7. The number of aromatic amines is 1. The number of rotatable bonds is 6. The van der Waals surface area contributed by atoms with Crippen LogP contribution < -0.4 is 5.32 Å². The first kappa shape index (κ1) is 20.6. The van der Waals surface area contributed by atoms with E-state index in [1.54, 1.807) is 36.7 Å². The molecular weight excluding hydrogens is 468 g/mol. The van der Waals surface area contributed by atoms with Gasteiger partial charge >= 0.3 is 0 Å². The van der Waals surface area contributed by atoms with Crippen molar-refractivity contribution in [2.24, 2.45) is 0 Å². The van der Waals surface area contributed by atoms with Crippen molar-refractivity contribution in [3.63, 3.8) is 0 Å². The number of nitrogens with zero attached hydrogens (tertiary/aromatic N) is 4. The van der Waals surface area contributed by atoms with E-state index in [9.17, 15) is 8.42 Å². The third kappa shape index (κ3) is 4.07. The molecule has 160 valence electrons. The summed E-state index contributed by atoms with van der Waals surface area (Å²) in [5.74, 6) is 0.362. The standard InChI is InChI=1S/C21H15ClN6O2S2/c22-19-16-11-24-27-17(16)6-7-18(19)25-21-26-20(28-31-21)14-4-1-3-13(9-14)12-32(29,30)15-5-2-8-23-10-15/h1-11H,12H2,(H,24,27)(H,25,26,28). The summed E-state index contributed by atoms with van der Waals surface area (Å²) >= 11 is 7.65. The van der Waals surface area contributed by atoms with Crippen LogP contribution in [0, 0.1) is 0 Å². The third-order valence-electron chi connectivity index (χ3n) is 4.76. The number of hydrogen-bond acceptors (Lipinski definition) is 8. The summed E-state index contributed by atoms with van der Waals surface area (Å²) < 4.78 is 29.7. The van der Waals surface area contributed by atoms with Crippen molar-refractivity contribution in [1.29, 1.82) is 0 Å². The molecule has 0 amide bonds. The molecule has 11 heteroatoms. The summed E-state index contributed by atoms with van der Waals surface area (Å²) in [6.07, 6.45) is 4.56. The minimum Gasteiger partial charge on any atom is -0.329 e. The van der Waals surface area contributed by atoms with E-state index in [4.69, 9.17) is 11.6 Å². The van der Waals surface area contributed by atoms with Crippen molar-refractivity contribution in [3.8, 4) is 11.4 Å². The molecule has 0 spiro atoms. The SMILES string of the molecule is O=S(=O)(Cc1cccc(-c2nsc(Nc3ccc4[nH]ncc4c3Cl)n2)c1)c1cccnc1. The van der Waals surface area contributed by atoms with Gasteiger partial charge in [-0.05, 0) is 35.9 Å². The Morgan fingerprint density at radius 3 is 2.84 bits per heavy atom. The number of pyridine rings is 1. The highest BCUT2D eigenvalue weighted by molar-refractivity contribution is 7.90. The van der Waals surface area contributed by atoms with E-state index >= 15 is 0 Å². The Hall–Kier alpha value is -3.34. The summed E-state index contributed by atoms with van der Waals surface area (Å²) in [5, 5.41) is 12.0. The minimum atomic E-state index is -3.50. The van der Waals surface area contributed by atoms with Gasteiger partial charge in [0.15, 0.2) is 15.7 Å². The fourth-order valence-corrected chi connectivity index (χ4v) is 5.38. The van der Waals surface area contributed by atoms with E-state index in [0.29, 0.717) is 27.2 Å². The second-order valence-corrected chi connectivity index (χ2v) is 10.1. The zero-order valence-electron chi connectivity index (χ0n) is 16.4. The van der Waals surface area contributed by atoms with Gasteiger partial charge in [0.05, 0.1) is 33.1 Å².